The highest BCUT2D eigenvalue weighted by atomic mass is 16.7. The molecule has 6 nitrogen and oxygen atoms in total. The maximum Gasteiger partial charge on any atom is 0.262 e. The summed E-state index contributed by atoms with van der Waals surface area (Å²) in [7, 11) is 1.59. The molecule has 28 heavy (non-hydrogen) atoms. The van der Waals surface area contributed by atoms with E-state index in [1.54, 1.807) is 12.0 Å². The van der Waals surface area contributed by atoms with E-state index >= 15 is 0 Å². The fraction of sp³-hybridized carbons (Fsp3) is 0.136. The largest absolute Gasteiger partial charge is 0.493 e. The Balaban J connectivity index is 1.67. The maximum absolute atomic E-state index is 13.4. The zero-order valence-corrected chi connectivity index (χ0v) is 15.2. The van der Waals surface area contributed by atoms with Crippen molar-refractivity contribution >= 4 is 17.3 Å². The molecular weight excluding hydrogens is 356 g/mol. The molecule has 0 radical (unpaired) electrons. The molecule has 0 aliphatic carbocycles. The average Bonchev–Trinajstić information content (AvgIpc) is 3.22. The van der Waals surface area contributed by atoms with Gasteiger partial charge in [0.25, 0.3) is 5.91 Å². The first-order chi connectivity index (χ1) is 13.8. The number of fused-ring (bicyclic) bond motifs is 2. The fourth-order valence-corrected chi connectivity index (χ4v) is 3.65. The van der Waals surface area contributed by atoms with Gasteiger partial charge in [-0.05, 0) is 36.4 Å². The Morgan fingerprint density at radius 2 is 1.82 bits per heavy atom. The quantitative estimate of drug-likeness (QED) is 0.745. The zero-order chi connectivity index (χ0) is 19.1. The van der Waals surface area contributed by atoms with Crippen LogP contribution in [0.2, 0.25) is 0 Å². The topological polar surface area (TPSA) is 60.0 Å². The van der Waals surface area contributed by atoms with Gasteiger partial charge >= 0.3 is 0 Å². The van der Waals surface area contributed by atoms with Crippen molar-refractivity contribution < 1.29 is 19.0 Å². The Labute approximate surface area is 162 Å². The van der Waals surface area contributed by atoms with E-state index in [-0.39, 0.29) is 12.7 Å². The third-order valence-electron chi connectivity index (χ3n) is 4.96. The van der Waals surface area contributed by atoms with Gasteiger partial charge < -0.3 is 19.5 Å². The monoisotopic (exact) mass is 374 g/mol. The normalized spacial score (nSPS) is 17.1. The maximum atomic E-state index is 13.4. The van der Waals surface area contributed by atoms with Crippen LogP contribution in [0.4, 0.5) is 11.4 Å². The number of benzene rings is 3. The van der Waals surface area contributed by atoms with E-state index in [4.69, 9.17) is 14.2 Å². The smallest absolute Gasteiger partial charge is 0.262 e. The molecule has 0 bridgehead atoms. The van der Waals surface area contributed by atoms with Crippen LogP contribution < -0.4 is 24.4 Å². The lowest BCUT2D eigenvalue weighted by Gasteiger charge is -2.38. The first-order valence-electron chi connectivity index (χ1n) is 8.98. The minimum absolute atomic E-state index is 0.0674. The predicted octanol–water partition coefficient (Wildman–Crippen LogP) is 4.20. The number of hydrogen-bond acceptors (Lipinski definition) is 5. The van der Waals surface area contributed by atoms with Crippen molar-refractivity contribution in [1.29, 1.82) is 0 Å². The number of hydrogen-bond donors (Lipinski definition) is 1. The molecule has 5 rings (SSSR count). The number of carbonyl (C=O) groups is 1. The van der Waals surface area contributed by atoms with Crippen molar-refractivity contribution in [3.63, 3.8) is 0 Å². The third kappa shape index (κ3) is 2.53. The van der Waals surface area contributed by atoms with Gasteiger partial charge in [-0.1, -0.05) is 30.3 Å². The molecule has 1 atom stereocenters. The van der Waals surface area contributed by atoms with Gasteiger partial charge in [0.15, 0.2) is 11.5 Å². The van der Waals surface area contributed by atoms with Crippen LogP contribution in [-0.2, 0) is 0 Å². The second-order valence-electron chi connectivity index (χ2n) is 6.56. The average molecular weight is 374 g/mol. The summed E-state index contributed by atoms with van der Waals surface area (Å²) in [6.07, 6.45) is -0.423. The molecule has 2 aliphatic rings. The van der Waals surface area contributed by atoms with Crippen molar-refractivity contribution in [1.82, 2.24) is 0 Å². The number of methoxy groups -OCH3 is 1. The molecule has 0 spiro atoms. The summed E-state index contributed by atoms with van der Waals surface area (Å²) >= 11 is 0. The number of nitrogens with one attached hydrogen (secondary N) is 1. The van der Waals surface area contributed by atoms with E-state index < -0.39 is 6.17 Å². The summed E-state index contributed by atoms with van der Waals surface area (Å²) < 4.78 is 16.6. The van der Waals surface area contributed by atoms with E-state index in [0.29, 0.717) is 22.8 Å². The molecule has 6 heteroatoms. The van der Waals surface area contributed by atoms with E-state index in [1.807, 2.05) is 66.7 Å². The molecule has 0 fully saturated rings. The Hall–Kier alpha value is -3.67. The van der Waals surface area contributed by atoms with Crippen LogP contribution in [0, 0.1) is 0 Å². The standard InChI is InChI=1S/C22H18N2O4/c1-26-18-11-14(12-19-20(18)28-13-27-19)21-23-17-10-6-5-9-16(17)22(25)24(21)15-7-3-2-4-8-15/h2-12,21,23H,13H2,1H3. The first kappa shape index (κ1) is 16.5. The fourth-order valence-electron chi connectivity index (χ4n) is 3.65. The molecule has 1 N–H and O–H groups in total. The molecule has 2 heterocycles. The summed E-state index contributed by atoms with van der Waals surface area (Å²) in [6, 6.07) is 20.9. The SMILES string of the molecule is COc1cc(C2Nc3ccccc3C(=O)N2c2ccccc2)cc2c1OCO2. The van der Waals surface area contributed by atoms with Gasteiger partial charge in [0.05, 0.1) is 12.7 Å². The molecule has 0 saturated carbocycles. The minimum Gasteiger partial charge on any atom is -0.493 e. The first-order valence-corrected chi connectivity index (χ1v) is 8.98. The van der Waals surface area contributed by atoms with Crippen LogP contribution >= 0.6 is 0 Å². The highest BCUT2D eigenvalue weighted by Gasteiger charge is 2.35. The Bertz CT molecular complexity index is 1050. The van der Waals surface area contributed by atoms with Crippen LogP contribution in [0.25, 0.3) is 0 Å². The highest BCUT2D eigenvalue weighted by molar-refractivity contribution is 6.12. The van der Waals surface area contributed by atoms with E-state index in [0.717, 1.165) is 16.9 Å². The van der Waals surface area contributed by atoms with Gasteiger partial charge in [-0.3, -0.25) is 9.69 Å². The van der Waals surface area contributed by atoms with Gasteiger partial charge in [-0.15, -0.1) is 0 Å². The number of para-hydroxylation sites is 2. The molecule has 0 saturated heterocycles. The summed E-state index contributed by atoms with van der Waals surface area (Å²) in [5, 5.41) is 3.49. The lowest BCUT2D eigenvalue weighted by Crippen LogP contribution is -2.43. The van der Waals surface area contributed by atoms with E-state index in [2.05, 4.69) is 5.32 Å². The van der Waals surface area contributed by atoms with Crippen molar-refractivity contribution in [2.75, 3.05) is 24.1 Å². The van der Waals surface area contributed by atoms with Crippen molar-refractivity contribution in [3.05, 3.63) is 77.9 Å². The lowest BCUT2D eigenvalue weighted by molar-refractivity contribution is 0.0974. The molecule has 2 aliphatic heterocycles. The van der Waals surface area contributed by atoms with Gasteiger partial charge in [0.1, 0.15) is 6.17 Å². The van der Waals surface area contributed by atoms with E-state index in [9.17, 15) is 4.79 Å². The predicted molar refractivity (Wildman–Crippen MR) is 105 cm³/mol. The van der Waals surface area contributed by atoms with Crippen molar-refractivity contribution in [3.8, 4) is 17.2 Å². The van der Waals surface area contributed by atoms with Crippen LogP contribution in [-0.4, -0.2) is 19.8 Å². The molecule has 1 amide bonds. The van der Waals surface area contributed by atoms with Gasteiger partial charge in [0, 0.05) is 16.9 Å². The molecule has 3 aromatic rings. The van der Waals surface area contributed by atoms with Crippen LogP contribution in [0.1, 0.15) is 22.1 Å². The second-order valence-corrected chi connectivity index (χ2v) is 6.56. The van der Waals surface area contributed by atoms with Crippen molar-refractivity contribution in [2.24, 2.45) is 0 Å². The Morgan fingerprint density at radius 3 is 2.64 bits per heavy atom. The van der Waals surface area contributed by atoms with E-state index in [1.165, 1.54) is 0 Å². The number of carbonyl (C=O) groups excluding carboxylic acids is 1. The van der Waals surface area contributed by atoms with Gasteiger partial charge in [0.2, 0.25) is 12.5 Å². The molecule has 140 valence electrons. The highest BCUT2D eigenvalue weighted by Crippen LogP contribution is 2.45. The molecule has 1 unspecified atom stereocenters. The second kappa shape index (κ2) is 6.49. The van der Waals surface area contributed by atoms with Gasteiger partial charge in [-0.25, -0.2) is 0 Å². The number of nitrogens with zero attached hydrogens (tertiary/aromatic N) is 1. The summed E-state index contributed by atoms with van der Waals surface area (Å²) in [5.74, 6) is 1.70. The molecular formula is C22H18N2O4. The number of amides is 1. The number of anilines is 2. The Morgan fingerprint density at radius 1 is 1.04 bits per heavy atom. The minimum atomic E-state index is -0.423. The van der Waals surface area contributed by atoms with Crippen LogP contribution in [0.3, 0.4) is 0 Å². The third-order valence-corrected chi connectivity index (χ3v) is 4.96. The van der Waals surface area contributed by atoms with Gasteiger partial charge in [-0.2, -0.15) is 0 Å². The number of ether oxygens (including phenoxy) is 3. The number of rotatable bonds is 3. The Kier molecular flexibility index (Phi) is 3.83. The molecule has 3 aromatic carbocycles. The lowest BCUT2D eigenvalue weighted by atomic mass is 10.0. The molecule has 0 aromatic heterocycles. The summed E-state index contributed by atoms with van der Waals surface area (Å²) in [5.41, 5.74) is 3.07. The van der Waals surface area contributed by atoms with Crippen LogP contribution in [0.5, 0.6) is 17.2 Å². The van der Waals surface area contributed by atoms with Crippen LogP contribution in [0.15, 0.2) is 66.7 Å². The summed E-state index contributed by atoms with van der Waals surface area (Å²) in [6.45, 7) is 0.150. The summed E-state index contributed by atoms with van der Waals surface area (Å²) in [4.78, 5) is 15.1. The van der Waals surface area contributed by atoms with Crippen molar-refractivity contribution in [2.45, 2.75) is 6.17 Å². The zero-order valence-electron chi connectivity index (χ0n) is 15.2.